The molecule has 0 unspecified atom stereocenters. The highest BCUT2D eigenvalue weighted by atomic mass is 16.1. The van der Waals surface area contributed by atoms with Gasteiger partial charge in [-0.2, -0.15) is 0 Å². The van der Waals surface area contributed by atoms with Gasteiger partial charge in [0, 0.05) is 5.56 Å². The third kappa shape index (κ3) is 2.86. The summed E-state index contributed by atoms with van der Waals surface area (Å²) in [5, 5.41) is 0. The van der Waals surface area contributed by atoms with Gasteiger partial charge in [0.15, 0.2) is 0 Å². The summed E-state index contributed by atoms with van der Waals surface area (Å²) in [6.07, 6.45) is 3.88. The molecule has 0 radical (unpaired) electrons. The Kier molecular flexibility index (Phi) is 3.58. The van der Waals surface area contributed by atoms with E-state index in [1.54, 1.807) is 6.07 Å². The van der Waals surface area contributed by atoms with Crippen LogP contribution in [0.3, 0.4) is 0 Å². The molecule has 0 heterocycles. The lowest BCUT2D eigenvalue weighted by atomic mass is 10.1. The van der Waals surface area contributed by atoms with E-state index in [9.17, 15) is 4.79 Å². The zero-order chi connectivity index (χ0) is 13.0. The molecular formula is C16H15NO. The van der Waals surface area contributed by atoms with E-state index in [1.807, 2.05) is 42.5 Å². The van der Waals surface area contributed by atoms with Gasteiger partial charge in [-0.3, -0.25) is 4.79 Å². The van der Waals surface area contributed by atoms with Gasteiger partial charge >= 0.3 is 0 Å². The van der Waals surface area contributed by atoms with Crippen molar-refractivity contribution >= 4 is 18.1 Å². The molecule has 90 valence electrons. The van der Waals surface area contributed by atoms with Crippen LogP contribution in [-0.2, 0) is 0 Å². The van der Waals surface area contributed by atoms with E-state index in [2.05, 4.69) is 19.1 Å². The predicted molar refractivity (Wildman–Crippen MR) is 75.1 cm³/mol. The van der Waals surface area contributed by atoms with E-state index in [1.165, 1.54) is 5.56 Å². The van der Waals surface area contributed by atoms with E-state index >= 15 is 0 Å². The summed E-state index contributed by atoms with van der Waals surface area (Å²) < 4.78 is 0. The fourth-order valence-electron chi connectivity index (χ4n) is 1.73. The number of aryl methyl sites for hydroxylation is 1. The number of hydrogen-bond donors (Lipinski definition) is 1. The lowest BCUT2D eigenvalue weighted by molar-refractivity contribution is 0.1000. The van der Waals surface area contributed by atoms with Crippen LogP contribution in [0.15, 0.2) is 48.5 Å². The summed E-state index contributed by atoms with van der Waals surface area (Å²) in [6, 6.07) is 15.5. The molecule has 0 saturated heterocycles. The van der Waals surface area contributed by atoms with Crippen molar-refractivity contribution < 1.29 is 4.79 Å². The third-order valence-electron chi connectivity index (χ3n) is 2.76. The van der Waals surface area contributed by atoms with Crippen LogP contribution in [0.5, 0.6) is 0 Å². The molecule has 2 rings (SSSR count). The first kappa shape index (κ1) is 12.1. The minimum atomic E-state index is -0.404. The Morgan fingerprint density at radius 3 is 2.33 bits per heavy atom. The zero-order valence-corrected chi connectivity index (χ0v) is 10.3. The average molecular weight is 237 g/mol. The largest absolute Gasteiger partial charge is 0.366 e. The van der Waals surface area contributed by atoms with Crippen LogP contribution in [0.25, 0.3) is 12.2 Å². The van der Waals surface area contributed by atoms with Gasteiger partial charge in [0.05, 0.1) is 0 Å². The number of amides is 1. The molecule has 0 bridgehead atoms. The Morgan fingerprint density at radius 1 is 1.00 bits per heavy atom. The molecule has 0 aromatic heterocycles. The normalized spacial score (nSPS) is 10.7. The number of carbonyl (C=O) groups excluding carboxylic acids is 1. The van der Waals surface area contributed by atoms with E-state index < -0.39 is 5.91 Å². The Balaban J connectivity index is 2.29. The van der Waals surface area contributed by atoms with Gasteiger partial charge in [-0.25, -0.2) is 0 Å². The van der Waals surface area contributed by atoms with Gasteiger partial charge in [-0.05, 0) is 24.1 Å². The lowest BCUT2D eigenvalue weighted by Gasteiger charge is -2.01. The Bertz CT molecular complexity index is 582. The van der Waals surface area contributed by atoms with Gasteiger partial charge in [0.25, 0.3) is 0 Å². The fraction of sp³-hybridized carbons (Fsp3) is 0.0625. The van der Waals surface area contributed by atoms with Crippen LogP contribution >= 0.6 is 0 Å². The molecule has 0 aliphatic carbocycles. The van der Waals surface area contributed by atoms with E-state index in [-0.39, 0.29) is 0 Å². The maximum Gasteiger partial charge on any atom is 0.249 e. The molecule has 18 heavy (non-hydrogen) atoms. The smallest absolute Gasteiger partial charge is 0.249 e. The maximum atomic E-state index is 11.3. The molecule has 2 aromatic carbocycles. The summed E-state index contributed by atoms with van der Waals surface area (Å²) in [7, 11) is 0. The Hall–Kier alpha value is -2.35. The predicted octanol–water partition coefficient (Wildman–Crippen LogP) is 3.26. The number of primary amides is 1. The Morgan fingerprint density at radius 2 is 1.67 bits per heavy atom. The molecule has 2 aromatic rings. The average Bonchev–Trinajstić information content (AvgIpc) is 2.38. The third-order valence-corrected chi connectivity index (χ3v) is 2.76. The van der Waals surface area contributed by atoms with Crippen molar-refractivity contribution in [2.45, 2.75) is 6.92 Å². The Labute approximate surface area is 107 Å². The van der Waals surface area contributed by atoms with Crippen LogP contribution in [0.2, 0.25) is 0 Å². The van der Waals surface area contributed by atoms with Crippen LogP contribution in [0, 0.1) is 6.92 Å². The highest BCUT2D eigenvalue weighted by molar-refractivity contribution is 5.97. The van der Waals surface area contributed by atoms with Gasteiger partial charge < -0.3 is 5.73 Å². The van der Waals surface area contributed by atoms with Gasteiger partial charge in [-0.1, -0.05) is 60.2 Å². The van der Waals surface area contributed by atoms with E-state index in [4.69, 9.17) is 5.73 Å². The maximum absolute atomic E-state index is 11.3. The minimum absolute atomic E-state index is 0.404. The van der Waals surface area contributed by atoms with Crippen LogP contribution < -0.4 is 5.73 Å². The molecule has 0 fully saturated rings. The zero-order valence-electron chi connectivity index (χ0n) is 10.3. The molecule has 2 nitrogen and oxygen atoms in total. The second kappa shape index (κ2) is 5.32. The second-order valence-corrected chi connectivity index (χ2v) is 4.20. The molecular weight excluding hydrogens is 222 g/mol. The van der Waals surface area contributed by atoms with Crippen molar-refractivity contribution in [3.8, 4) is 0 Å². The number of carbonyl (C=O) groups is 1. The quantitative estimate of drug-likeness (QED) is 0.818. The number of benzene rings is 2. The van der Waals surface area contributed by atoms with Crippen LogP contribution in [0.1, 0.15) is 27.0 Å². The van der Waals surface area contributed by atoms with Gasteiger partial charge in [0.1, 0.15) is 0 Å². The number of hydrogen-bond acceptors (Lipinski definition) is 1. The molecule has 1 amide bonds. The summed E-state index contributed by atoms with van der Waals surface area (Å²) in [4.78, 5) is 11.3. The summed E-state index contributed by atoms with van der Waals surface area (Å²) in [5.74, 6) is -0.404. The fourth-order valence-corrected chi connectivity index (χ4v) is 1.73. The molecule has 0 spiro atoms. The van der Waals surface area contributed by atoms with Crippen molar-refractivity contribution in [1.82, 2.24) is 0 Å². The van der Waals surface area contributed by atoms with Crippen molar-refractivity contribution in [1.29, 1.82) is 0 Å². The lowest BCUT2D eigenvalue weighted by Crippen LogP contribution is -2.12. The molecule has 0 aliphatic rings. The summed E-state index contributed by atoms with van der Waals surface area (Å²) in [5.41, 5.74) is 9.04. The monoisotopic (exact) mass is 237 g/mol. The van der Waals surface area contributed by atoms with Crippen LogP contribution in [0.4, 0.5) is 0 Å². The first-order valence-electron chi connectivity index (χ1n) is 5.80. The topological polar surface area (TPSA) is 43.1 Å². The number of nitrogens with two attached hydrogens (primary N) is 1. The molecule has 2 N–H and O–H groups in total. The standard InChI is InChI=1S/C16H15NO/c1-12-6-8-13(9-7-12)10-11-14-4-2-3-5-15(14)16(17)18/h2-11H,1H3,(H2,17,18)/b11-10+. The molecule has 0 aliphatic heterocycles. The first-order chi connectivity index (χ1) is 8.66. The summed E-state index contributed by atoms with van der Waals surface area (Å²) >= 11 is 0. The van der Waals surface area contributed by atoms with E-state index in [0.717, 1.165) is 11.1 Å². The molecule has 0 saturated carbocycles. The first-order valence-corrected chi connectivity index (χ1v) is 5.80. The molecule has 0 atom stereocenters. The van der Waals surface area contributed by atoms with Crippen molar-refractivity contribution in [3.63, 3.8) is 0 Å². The van der Waals surface area contributed by atoms with Crippen LogP contribution in [-0.4, -0.2) is 5.91 Å². The van der Waals surface area contributed by atoms with Gasteiger partial charge in [-0.15, -0.1) is 0 Å². The van der Waals surface area contributed by atoms with Crippen molar-refractivity contribution in [2.75, 3.05) is 0 Å². The van der Waals surface area contributed by atoms with Gasteiger partial charge in [0.2, 0.25) is 5.91 Å². The molecule has 2 heteroatoms. The van der Waals surface area contributed by atoms with Crippen molar-refractivity contribution in [2.24, 2.45) is 5.73 Å². The highest BCUT2D eigenvalue weighted by Crippen LogP contribution is 2.13. The number of rotatable bonds is 3. The SMILES string of the molecule is Cc1ccc(/C=C/c2ccccc2C(N)=O)cc1. The second-order valence-electron chi connectivity index (χ2n) is 4.20. The minimum Gasteiger partial charge on any atom is -0.366 e. The summed E-state index contributed by atoms with van der Waals surface area (Å²) in [6.45, 7) is 2.05. The van der Waals surface area contributed by atoms with E-state index in [0.29, 0.717) is 5.56 Å². The van der Waals surface area contributed by atoms with Crippen molar-refractivity contribution in [3.05, 3.63) is 70.8 Å². The highest BCUT2D eigenvalue weighted by Gasteiger charge is 2.03.